The van der Waals surface area contributed by atoms with Gasteiger partial charge in [0.05, 0.1) is 21.8 Å². The van der Waals surface area contributed by atoms with Gasteiger partial charge < -0.3 is 4.74 Å². The molecule has 0 bridgehead atoms. The molecule has 8 nitrogen and oxygen atoms in total. The lowest BCUT2D eigenvalue weighted by atomic mass is 9.91. The van der Waals surface area contributed by atoms with Gasteiger partial charge in [-0.25, -0.2) is 24.0 Å². The van der Waals surface area contributed by atoms with Gasteiger partial charge in [-0.05, 0) is 71.6 Å². The average Bonchev–Trinajstić information content (AvgIpc) is 3.32. The first kappa shape index (κ1) is 23.9. The average molecular weight is 515 g/mol. The number of benzene rings is 1. The molecule has 0 spiro atoms. The Hall–Kier alpha value is -2.84. The van der Waals surface area contributed by atoms with Crippen molar-refractivity contribution in [2.45, 2.75) is 71.6 Å². The van der Waals surface area contributed by atoms with E-state index in [1.165, 1.54) is 0 Å². The first-order valence-electron chi connectivity index (χ1n) is 11.7. The number of ether oxygens (including phenoxy) is 1. The molecule has 1 amide bonds. The zero-order chi connectivity index (χ0) is 25.1. The zero-order valence-electron chi connectivity index (χ0n) is 20.4. The summed E-state index contributed by atoms with van der Waals surface area (Å²) in [6.07, 6.45) is 4.34. The van der Waals surface area contributed by atoms with Crippen LogP contribution in [-0.4, -0.2) is 36.2 Å². The number of halogens is 2. The molecule has 1 aromatic carbocycles. The van der Waals surface area contributed by atoms with Crippen LogP contribution in [0.5, 0.6) is 0 Å². The number of aryl methyl sites for hydroxylation is 1. The first-order valence-corrected chi connectivity index (χ1v) is 12.5. The fraction of sp³-hybridized carbons (Fsp3) is 0.440. The summed E-state index contributed by atoms with van der Waals surface area (Å²) in [7, 11) is 0. The van der Waals surface area contributed by atoms with Crippen molar-refractivity contribution in [2.24, 2.45) is 0 Å². The molecular formula is C25H28Cl2N6O2. The monoisotopic (exact) mass is 514 g/mol. The molecule has 1 atom stereocenters. The van der Waals surface area contributed by atoms with Crippen molar-refractivity contribution in [3.8, 4) is 0 Å². The minimum absolute atomic E-state index is 0.276. The van der Waals surface area contributed by atoms with Gasteiger partial charge in [-0.15, -0.1) is 0 Å². The maximum Gasteiger partial charge on any atom is 0.420 e. The van der Waals surface area contributed by atoms with Crippen LogP contribution >= 0.6 is 23.2 Å². The molecule has 35 heavy (non-hydrogen) atoms. The van der Waals surface area contributed by atoms with Gasteiger partial charge in [0.2, 0.25) is 0 Å². The summed E-state index contributed by atoms with van der Waals surface area (Å²) in [6.45, 7) is 9.36. The van der Waals surface area contributed by atoms with Crippen LogP contribution in [-0.2, 0) is 4.74 Å². The number of allylic oxidation sites excluding steroid dienone is 2. The van der Waals surface area contributed by atoms with Gasteiger partial charge in [0.15, 0.2) is 5.82 Å². The number of hydrogen-bond donors (Lipinski definition) is 0. The Bertz CT molecular complexity index is 1330. The zero-order valence-corrected chi connectivity index (χ0v) is 21.9. The number of nitrogens with zero attached hydrogens (tertiary/aromatic N) is 6. The maximum absolute atomic E-state index is 13.5. The topological polar surface area (TPSA) is 78.1 Å². The number of carbonyl (C=O) groups excluding carboxylic acids is 1. The second-order valence-corrected chi connectivity index (χ2v) is 10.9. The molecule has 2 aromatic heterocycles. The van der Waals surface area contributed by atoms with Crippen LogP contribution in [0.1, 0.15) is 76.1 Å². The minimum atomic E-state index is -0.663. The third kappa shape index (κ3) is 4.23. The van der Waals surface area contributed by atoms with E-state index in [2.05, 4.69) is 10.1 Å². The van der Waals surface area contributed by atoms with E-state index in [1.54, 1.807) is 17.3 Å². The molecule has 3 aromatic rings. The molecule has 0 saturated heterocycles. The highest BCUT2D eigenvalue weighted by Crippen LogP contribution is 2.46. The number of carbonyl (C=O) groups is 1. The molecule has 0 N–H and O–H groups in total. The molecule has 5 rings (SSSR count). The number of anilines is 1. The number of rotatable bonds is 3. The third-order valence-corrected chi connectivity index (χ3v) is 7.12. The second-order valence-electron chi connectivity index (χ2n) is 10.1. The van der Waals surface area contributed by atoms with E-state index in [9.17, 15) is 4.79 Å². The van der Waals surface area contributed by atoms with Crippen LogP contribution in [0.3, 0.4) is 0 Å². The van der Waals surface area contributed by atoms with Gasteiger partial charge >= 0.3 is 6.09 Å². The molecular weight excluding hydrogens is 487 g/mol. The minimum Gasteiger partial charge on any atom is -0.443 e. The molecule has 1 fully saturated rings. The summed E-state index contributed by atoms with van der Waals surface area (Å²) < 4.78 is 9.60. The Kier molecular flexibility index (Phi) is 5.92. The Morgan fingerprint density at radius 2 is 1.83 bits per heavy atom. The SMILES string of the molecule is CC1=C(c2ncnn2C2CCC2)[C@@H](c2ccc(Cl)c(Cl)c2)n2nc(C)cc2N1C(=O)OC(C)(C)C. The van der Waals surface area contributed by atoms with E-state index in [-0.39, 0.29) is 6.04 Å². The van der Waals surface area contributed by atoms with Gasteiger partial charge in [0.25, 0.3) is 0 Å². The normalized spacial score (nSPS) is 18.5. The summed E-state index contributed by atoms with van der Waals surface area (Å²) in [5, 5.41) is 10.3. The summed E-state index contributed by atoms with van der Waals surface area (Å²) in [5.41, 5.74) is 2.51. The molecule has 2 aliphatic rings. The maximum atomic E-state index is 13.5. The van der Waals surface area contributed by atoms with Gasteiger partial charge in [-0.1, -0.05) is 29.3 Å². The smallest absolute Gasteiger partial charge is 0.420 e. The summed E-state index contributed by atoms with van der Waals surface area (Å²) >= 11 is 12.7. The van der Waals surface area contributed by atoms with Crippen molar-refractivity contribution in [2.75, 3.05) is 4.90 Å². The predicted molar refractivity (Wildman–Crippen MR) is 136 cm³/mol. The van der Waals surface area contributed by atoms with E-state index >= 15 is 0 Å². The van der Waals surface area contributed by atoms with E-state index in [1.807, 2.05) is 62.2 Å². The Morgan fingerprint density at radius 3 is 2.46 bits per heavy atom. The standard InChI is InChI=1S/C25H28Cl2N6O2/c1-14-11-20-31(24(34)35-25(3,4)5)15(2)21(23-28-13-29-32(23)17-7-6-8-17)22(33(20)30-14)16-9-10-18(26)19(27)12-16/h9-13,17,22H,6-8H2,1-5H3/t22-/m1/s1. The highest BCUT2D eigenvalue weighted by Gasteiger charge is 2.41. The molecule has 1 saturated carbocycles. The van der Waals surface area contributed by atoms with Crippen LogP contribution in [0.25, 0.3) is 5.57 Å². The molecule has 1 aliphatic carbocycles. The van der Waals surface area contributed by atoms with E-state index in [4.69, 9.17) is 33.0 Å². The molecule has 0 unspecified atom stereocenters. The van der Waals surface area contributed by atoms with Crippen LogP contribution < -0.4 is 4.90 Å². The Morgan fingerprint density at radius 1 is 1.09 bits per heavy atom. The van der Waals surface area contributed by atoms with Crippen molar-refractivity contribution < 1.29 is 9.53 Å². The van der Waals surface area contributed by atoms with Crippen molar-refractivity contribution in [1.29, 1.82) is 0 Å². The highest BCUT2D eigenvalue weighted by molar-refractivity contribution is 6.42. The number of aromatic nitrogens is 5. The lowest BCUT2D eigenvalue weighted by molar-refractivity contribution is 0.0588. The van der Waals surface area contributed by atoms with Crippen molar-refractivity contribution in [3.63, 3.8) is 0 Å². The second kappa shape index (κ2) is 8.68. The van der Waals surface area contributed by atoms with Gasteiger partial charge in [-0.3, -0.25) is 0 Å². The van der Waals surface area contributed by atoms with Gasteiger partial charge in [-0.2, -0.15) is 10.2 Å². The van der Waals surface area contributed by atoms with E-state index in [0.717, 1.165) is 36.1 Å². The molecule has 1 aliphatic heterocycles. The fourth-order valence-electron chi connectivity index (χ4n) is 4.63. The predicted octanol–water partition coefficient (Wildman–Crippen LogP) is 6.59. The van der Waals surface area contributed by atoms with Gasteiger partial charge in [0, 0.05) is 17.3 Å². The molecule has 184 valence electrons. The van der Waals surface area contributed by atoms with Crippen molar-refractivity contribution in [3.05, 3.63) is 63.4 Å². The quantitative estimate of drug-likeness (QED) is 0.393. The van der Waals surface area contributed by atoms with Gasteiger partial charge in [0.1, 0.15) is 23.8 Å². The first-order chi connectivity index (χ1) is 16.5. The third-order valence-electron chi connectivity index (χ3n) is 6.38. The Labute approximate surface area is 214 Å². The molecule has 3 heterocycles. The number of fused-ring (bicyclic) bond motifs is 1. The number of amides is 1. The van der Waals surface area contributed by atoms with E-state index < -0.39 is 17.7 Å². The Balaban J connectivity index is 1.76. The van der Waals surface area contributed by atoms with Crippen LogP contribution in [0, 0.1) is 6.92 Å². The summed E-state index contributed by atoms with van der Waals surface area (Å²) in [6, 6.07) is 7.31. The number of hydrogen-bond acceptors (Lipinski definition) is 5. The summed E-state index contributed by atoms with van der Waals surface area (Å²) in [5.74, 6) is 1.32. The highest BCUT2D eigenvalue weighted by atomic mass is 35.5. The summed E-state index contributed by atoms with van der Waals surface area (Å²) in [4.78, 5) is 19.7. The molecule has 0 radical (unpaired) electrons. The lowest BCUT2D eigenvalue weighted by Crippen LogP contribution is -2.41. The van der Waals surface area contributed by atoms with E-state index in [0.29, 0.717) is 27.4 Å². The lowest BCUT2D eigenvalue weighted by Gasteiger charge is -2.37. The largest absolute Gasteiger partial charge is 0.443 e. The van der Waals surface area contributed by atoms with Crippen molar-refractivity contribution >= 4 is 40.7 Å². The molecule has 10 heteroatoms. The van der Waals surface area contributed by atoms with Crippen LogP contribution in [0.2, 0.25) is 10.0 Å². The van der Waals surface area contributed by atoms with Crippen LogP contribution in [0.4, 0.5) is 10.6 Å². The van der Waals surface area contributed by atoms with Crippen molar-refractivity contribution in [1.82, 2.24) is 24.5 Å². The fourth-order valence-corrected chi connectivity index (χ4v) is 4.93. The van der Waals surface area contributed by atoms with Crippen LogP contribution in [0.15, 0.2) is 36.3 Å².